The normalized spacial score (nSPS) is 26.5. The summed E-state index contributed by atoms with van der Waals surface area (Å²) in [6, 6.07) is 0.898. The first kappa shape index (κ1) is 12.7. The Labute approximate surface area is 76.4 Å². The minimum atomic E-state index is -6.00. The minimum absolute atomic E-state index is 0.898. The Morgan fingerprint density at radius 2 is 1.54 bits per heavy atom. The molecule has 1 saturated heterocycles. The fraction of sp³-hybridized carbons (Fsp3) is 1.00. The molecule has 0 aromatic rings. The summed E-state index contributed by atoms with van der Waals surface area (Å²) in [5.41, 5.74) is 0. The van der Waals surface area contributed by atoms with E-state index >= 15 is 0 Å². The minimum Gasteiger partial charge on any atom is -0.418 e. The van der Waals surface area contributed by atoms with E-state index in [1.54, 1.807) is 0 Å². The number of likely N-dealkylation sites (tertiary alicyclic amines) is 1. The van der Waals surface area contributed by atoms with Crippen LogP contribution < -0.4 is 0 Å². The lowest BCUT2D eigenvalue weighted by Crippen LogP contribution is -2.41. The number of hydrogen-bond donors (Lipinski definition) is 0. The summed E-state index contributed by atoms with van der Waals surface area (Å²) in [7, 11) is -1.37. The summed E-state index contributed by atoms with van der Waals surface area (Å²) < 4.78 is 40.2. The van der Waals surface area contributed by atoms with E-state index < -0.39 is 7.25 Å². The second-order valence-corrected chi connectivity index (χ2v) is 3.99. The first-order valence-corrected chi connectivity index (χ1v) is 4.33. The van der Waals surface area contributed by atoms with Gasteiger partial charge in [0.2, 0.25) is 0 Å². The van der Waals surface area contributed by atoms with Gasteiger partial charge in [0.05, 0.1) is 26.7 Å². The maximum absolute atomic E-state index is 9.75. The van der Waals surface area contributed by atoms with Gasteiger partial charge in [-0.2, -0.15) is 0 Å². The predicted octanol–water partition coefficient (Wildman–Crippen LogP) is 2.55. The van der Waals surface area contributed by atoms with Crippen molar-refractivity contribution < 1.29 is 21.7 Å². The predicted molar refractivity (Wildman–Crippen MR) is 45.9 cm³/mol. The van der Waals surface area contributed by atoms with Crippen LogP contribution in [0.5, 0.6) is 0 Å². The molecule has 0 aromatic carbocycles. The molecule has 80 valence electrons. The highest BCUT2D eigenvalue weighted by Gasteiger charge is 2.29. The van der Waals surface area contributed by atoms with Crippen LogP contribution in [0, 0.1) is 0 Å². The SMILES string of the molecule is CC1CCC[N+]1(C)C.F[B-](F)(F)F. The molecule has 0 N–H and O–H groups in total. The average Bonchev–Trinajstić information content (AvgIpc) is 2.07. The van der Waals surface area contributed by atoms with Crippen molar-refractivity contribution in [3.05, 3.63) is 0 Å². The maximum atomic E-state index is 9.75. The van der Waals surface area contributed by atoms with E-state index in [0.29, 0.717) is 0 Å². The van der Waals surface area contributed by atoms with E-state index in [-0.39, 0.29) is 0 Å². The lowest BCUT2D eigenvalue weighted by atomic mass is 10.2. The molecule has 0 radical (unpaired) electrons. The second-order valence-electron chi connectivity index (χ2n) is 3.99. The summed E-state index contributed by atoms with van der Waals surface area (Å²) in [6.07, 6.45) is 2.85. The molecule has 0 aromatic heterocycles. The van der Waals surface area contributed by atoms with Crippen molar-refractivity contribution in [1.29, 1.82) is 0 Å². The maximum Gasteiger partial charge on any atom is 0.673 e. The van der Waals surface area contributed by atoms with Gasteiger partial charge in [-0.05, 0) is 6.92 Å². The van der Waals surface area contributed by atoms with E-state index in [1.807, 2.05) is 0 Å². The van der Waals surface area contributed by atoms with Crippen LogP contribution in [-0.4, -0.2) is 38.4 Å². The third-order valence-corrected chi connectivity index (χ3v) is 2.55. The number of hydrogen-bond acceptors (Lipinski definition) is 0. The van der Waals surface area contributed by atoms with Crippen LogP contribution in [0.25, 0.3) is 0 Å². The molecule has 1 fully saturated rings. The zero-order chi connectivity index (χ0) is 10.7. The van der Waals surface area contributed by atoms with Gasteiger partial charge >= 0.3 is 7.25 Å². The standard InChI is InChI=1S/C7H16N.BF4/c1-7-5-4-6-8(7,2)3;2-1(3,4)5/h7H,4-6H2,1-3H3;/q+1;-1. The molecular formula is C7H16BF4N. The molecule has 1 unspecified atom stereocenters. The van der Waals surface area contributed by atoms with E-state index in [4.69, 9.17) is 0 Å². The molecule has 6 heteroatoms. The lowest BCUT2D eigenvalue weighted by Gasteiger charge is -2.28. The molecule has 0 spiro atoms. The van der Waals surface area contributed by atoms with Gasteiger partial charge in [-0.25, -0.2) is 0 Å². The molecule has 1 atom stereocenters. The van der Waals surface area contributed by atoms with Gasteiger partial charge in [-0.15, -0.1) is 0 Å². The van der Waals surface area contributed by atoms with E-state index in [0.717, 1.165) is 6.04 Å². The van der Waals surface area contributed by atoms with Crippen LogP contribution >= 0.6 is 0 Å². The molecule has 0 amide bonds. The van der Waals surface area contributed by atoms with Gasteiger partial charge in [0.15, 0.2) is 0 Å². The van der Waals surface area contributed by atoms with Crippen molar-refractivity contribution in [3.63, 3.8) is 0 Å². The van der Waals surface area contributed by atoms with Gasteiger partial charge in [-0.3, -0.25) is 0 Å². The zero-order valence-corrected chi connectivity index (χ0v) is 8.24. The third-order valence-electron chi connectivity index (χ3n) is 2.55. The van der Waals surface area contributed by atoms with Crippen LogP contribution in [0.2, 0.25) is 0 Å². The first-order valence-electron chi connectivity index (χ1n) is 4.33. The molecule has 0 aliphatic carbocycles. The Morgan fingerprint density at radius 3 is 1.62 bits per heavy atom. The van der Waals surface area contributed by atoms with E-state index in [9.17, 15) is 17.3 Å². The van der Waals surface area contributed by atoms with Gasteiger partial charge < -0.3 is 21.7 Å². The van der Waals surface area contributed by atoms with Crippen molar-refractivity contribution in [1.82, 2.24) is 0 Å². The van der Waals surface area contributed by atoms with Crippen molar-refractivity contribution >= 4 is 7.25 Å². The molecule has 13 heavy (non-hydrogen) atoms. The third kappa shape index (κ3) is 6.87. The molecule has 1 nitrogen and oxygen atoms in total. The molecular weight excluding hydrogens is 185 g/mol. The van der Waals surface area contributed by atoms with Gasteiger partial charge in [-0.1, -0.05) is 0 Å². The van der Waals surface area contributed by atoms with Gasteiger partial charge in [0, 0.05) is 12.8 Å². The van der Waals surface area contributed by atoms with E-state index in [2.05, 4.69) is 21.0 Å². The van der Waals surface area contributed by atoms with Crippen LogP contribution in [0.1, 0.15) is 19.8 Å². The summed E-state index contributed by atoms with van der Waals surface area (Å²) in [5.74, 6) is 0. The fourth-order valence-corrected chi connectivity index (χ4v) is 1.36. The number of rotatable bonds is 0. The Balaban J connectivity index is 0.000000252. The quantitative estimate of drug-likeness (QED) is 0.321. The molecule has 1 heterocycles. The summed E-state index contributed by atoms with van der Waals surface area (Å²) >= 11 is 0. The zero-order valence-electron chi connectivity index (χ0n) is 8.24. The van der Waals surface area contributed by atoms with Gasteiger partial charge in [0.1, 0.15) is 0 Å². The largest absolute Gasteiger partial charge is 0.673 e. The molecule has 0 saturated carbocycles. The summed E-state index contributed by atoms with van der Waals surface area (Å²) in [6.45, 7) is 3.72. The Bertz CT molecular complexity index is 151. The van der Waals surface area contributed by atoms with Crippen molar-refractivity contribution in [3.8, 4) is 0 Å². The van der Waals surface area contributed by atoms with Crippen LogP contribution in [-0.2, 0) is 0 Å². The molecule has 0 bridgehead atoms. The first-order chi connectivity index (χ1) is 5.63. The highest BCUT2D eigenvalue weighted by atomic mass is 19.5. The number of quaternary nitrogens is 1. The fourth-order valence-electron chi connectivity index (χ4n) is 1.36. The lowest BCUT2D eigenvalue weighted by molar-refractivity contribution is -0.900. The van der Waals surface area contributed by atoms with Gasteiger partial charge in [0.25, 0.3) is 0 Å². The van der Waals surface area contributed by atoms with Crippen LogP contribution in [0.4, 0.5) is 17.3 Å². The Kier molecular flexibility index (Phi) is 4.22. The van der Waals surface area contributed by atoms with E-state index in [1.165, 1.54) is 23.9 Å². The molecule has 1 aliphatic rings. The molecule has 1 rings (SSSR count). The highest BCUT2D eigenvalue weighted by molar-refractivity contribution is 6.50. The van der Waals surface area contributed by atoms with Crippen molar-refractivity contribution in [2.24, 2.45) is 0 Å². The summed E-state index contributed by atoms with van der Waals surface area (Å²) in [5, 5.41) is 0. The van der Waals surface area contributed by atoms with Crippen molar-refractivity contribution in [2.45, 2.75) is 25.8 Å². The smallest absolute Gasteiger partial charge is 0.418 e. The topological polar surface area (TPSA) is 0 Å². The van der Waals surface area contributed by atoms with Crippen molar-refractivity contribution in [2.75, 3.05) is 20.6 Å². The Morgan fingerprint density at radius 1 is 1.15 bits per heavy atom. The second kappa shape index (κ2) is 4.31. The number of nitrogens with zero attached hydrogens (tertiary/aromatic N) is 1. The van der Waals surface area contributed by atoms with Crippen LogP contribution in [0.3, 0.4) is 0 Å². The Hall–Kier alpha value is -0.255. The average molecular weight is 201 g/mol. The molecule has 1 aliphatic heterocycles. The summed E-state index contributed by atoms with van der Waals surface area (Å²) in [4.78, 5) is 0. The monoisotopic (exact) mass is 201 g/mol. The highest BCUT2D eigenvalue weighted by Crippen LogP contribution is 2.20. The number of halogens is 4. The van der Waals surface area contributed by atoms with Crippen LogP contribution in [0.15, 0.2) is 0 Å².